The number of hydrogen-bond acceptors (Lipinski definition) is 6. The number of halogens is 3. The molecule has 7 nitrogen and oxygen atoms in total. The van der Waals surface area contributed by atoms with E-state index < -0.39 is 12.1 Å². The minimum atomic E-state index is -4.68. The fourth-order valence-electron chi connectivity index (χ4n) is 2.76. The Morgan fingerprint density at radius 3 is 2.82 bits per heavy atom. The van der Waals surface area contributed by atoms with E-state index in [-0.39, 0.29) is 23.8 Å². The maximum absolute atomic E-state index is 12.6. The van der Waals surface area contributed by atoms with Crippen LogP contribution in [0.4, 0.5) is 13.2 Å². The average Bonchev–Trinajstić information content (AvgIpc) is 3.36. The van der Waals surface area contributed by atoms with Crippen LogP contribution in [-0.4, -0.2) is 31.9 Å². The summed E-state index contributed by atoms with van der Waals surface area (Å²) in [5, 5.41) is 10.6. The molecular weight excluding hydrogens is 395 g/mol. The first-order valence-corrected chi connectivity index (χ1v) is 9.49. The van der Waals surface area contributed by atoms with Crippen molar-refractivity contribution in [1.29, 1.82) is 0 Å². The lowest BCUT2D eigenvalue weighted by Gasteiger charge is -2.25. The number of aromatic nitrogens is 4. The van der Waals surface area contributed by atoms with Crippen molar-refractivity contribution >= 4 is 17.2 Å². The van der Waals surface area contributed by atoms with Gasteiger partial charge in [0.2, 0.25) is 5.82 Å². The maximum atomic E-state index is 12.6. The van der Waals surface area contributed by atoms with Crippen LogP contribution in [0.3, 0.4) is 0 Å². The van der Waals surface area contributed by atoms with Gasteiger partial charge in [-0.15, -0.1) is 11.3 Å². The highest BCUT2D eigenvalue weighted by atomic mass is 32.1. The molecule has 1 saturated carbocycles. The molecule has 1 atom stereocenters. The van der Waals surface area contributed by atoms with Crippen LogP contribution in [0.5, 0.6) is 0 Å². The summed E-state index contributed by atoms with van der Waals surface area (Å²) >= 11 is 1.24. The third kappa shape index (κ3) is 3.66. The molecule has 0 spiro atoms. The van der Waals surface area contributed by atoms with Crippen LogP contribution >= 0.6 is 11.3 Å². The Hall–Kier alpha value is -2.69. The molecule has 1 fully saturated rings. The SMILES string of the molecule is CC(c1ccc(-c2noc(C(F)(F)F)n2)s1)n1cc(C(=O)NC2CCC2)cn1. The normalized spacial score (nSPS) is 16.0. The number of hydrogen-bond donors (Lipinski definition) is 1. The number of nitrogens with zero attached hydrogens (tertiary/aromatic N) is 4. The first kappa shape index (κ1) is 18.7. The Balaban J connectivity index is 1.48. The number of carbonyl (C=O) groups is 1. The van der Waals surface area contributed by atoms with E-state index in [0.29, 0.717) is 10.4 Å². The van der Waals surface area contributed by atoms with E-state index in [1.54, 1.807) is 23.0 Å². The van der Waals surface area contributed by atoms with Gasteiger partial charge in [0.05, 0.1) is 22.7 Å². The molecule has 0 aromatic carbocycles. The van der Waals surface area contributed by atoms with Crippen molar-refractivity contribution in [2.45, 2.75) is 44.4 Å². The van der Waals surface area contributed by atoms with Crippen molar-refractivity contribution in [3.05, 3.63) is 40.9 Å². The van der Waals surface area contributed by atoms with E-state index >= 15 is 0 Å². The monoisotopic (exact) mass is 411 g/mol. The summed E-state index contributed by atoms with van der Waals surface area (Å²) in [6.07, 6.45) is 1.62. The molecule has 4 rings (SSSR count). The Morgan fingerprint density at radius 2 is 2.18 bits per heavy atom. The van der Waals surface area contributed by atoms with Crippen LogP contribution in [0, 0.1) is 0 Å². The molecule has 1 unspecified atom stereocenters. The van der Waals surface area contributed by atoms with E-state index in [9.17, 15) is 18.0 Å². The lowest BCUT2D eigenvalue weighted by Crippen LogP contribution is -2.39. The third-order valence-electron chi connectivity index (χ3n) is 4.63. The van der Waals surface area contributed by atoms with Gasteiger partial charge in [0, 0.05) is 17.1 Å². The third-order valence-corrected chi connectivity index (χ3v) is 5.88. The molecule has 11 heteroatoms. The van der Waals surface area contributed by atoms with Crippen molar-refractivity contribution < 1.29 is 22.5 Å². The first-order chi connectivity index (χ1) is 13.3. The van der Waals surface area contributed by atoms with Crippen LogP contribution in [0.2, 0.25) is 0 Å². The van der Waals surface area contributed by atoms with Gasteiger partial charge in [-0.25, -0.2) is 0 Å². The molecule has 148 valence electrons. The Bertz CT molecular complexity index is 989. The first-order valence-electron chi connectivity index (χ1n) is 8.67. The average molecular weight is 411 g/mol. The largest absolute Gasteiger partial charge is 0.471 e. The molecule has 3 aromatic heterocycles. The number of carbonyl (C=O) groups excluding carboxylic acids is 1. The van der Waals surface area contributed by atoms with Crippen molar-refractivity contribution in [2.75, 3.05) is 0 Å². The second-order valence-corrected chi connectivity index (χ2v) is 7.72. The molecule has 0 bridgehead atoms. The smallest absolute Gasteiger partial charge is 0.349 e. The van der Waals surface area contributed by atoms with E-state index in [1.807, 2.05) is 6.92 Å². The standard InChI is InChI=1S/C17H16F3N5O2S/c1-9(25-8-10(7-21-25)15(26)22-11-3-2-4-11)12-5-6-13(28-12)14-23-16(27-24-14)17(18,19)20/h5-9,11H,2-4H2,1H3,(H,22,26). The molecule has 1 aliphatic carbocycles. The highest BCUT2D eigenvalue weighted by Gasteiger charge is 2.38. The zero-order valence-corrected chi connectivity index (χ0v) is 15.5. The highest BCUT2D eigenvalue weighted by Crippen LogP contribution is 2.34. The number of nitrogens with one attached hydrogen (secondary N) is 1. The van der Waals surface area contributed by atoms with Crippen molar-refractivity contribution in [3.8, 4) is 10.7 Å². The summed E-state index contributed by atoms with van der Waals surface area (Å²) in [6, 6.07) is 3.43. The van der Waals surface area contributed by atoms with Crippen LogP contribution in [0.15, 0.2) is 29.0 Å². The Kier molecular flexibility index (Phi) is 4.69. The van der Waals surface area contributed by atoms with Crippen LogP contribution in [0.25, 0.3) is 10.7 Å². The molecule has 3 heterocycles. The minimum absolute atomic E-state index is 0.114. The molecule has 0 saturated heterocycles. The summed E-state index contributed by atoms with van der Waals surface area (Å²) in [5.41, 5.74) is 0.475. The minimum Gasteiger partial charge on any atom is -0.349 e. The van der Waals surface area contributed by atoms with Crippen LogP contribution in [-0.2, 0) is 6.18 Å². The van der Waals surface area contributed by atoms with Gasteiger partial charge in [-0.2, -0.15) is 23.3 Å². The van der Waals surface area contributed by atoms with Gasteiger partial charge in [0.15, 0.2) is 0 Å². The van der Waals surface area contributed by atoms with Gasteiger partial charge in [0.25, 0.3) is 5.91 Å². The molecule has 0 aliphatic heterocycles. The Morgan fingerprint density at radius 1 is 1.39 bits per heavy atom. The lowest BCUT2D eigenvalue weighted by molar-refractivity contribution is -0.159. The van der Waals surface area contributed by atoms with Crippen molar-refractivity contribution in [1.82, 2.24) is 25.2 Å². The molecular formula is C17H16F3N5O2S. The van der Waals surface area contributed by atoms with Gasteiger partial charge in [-0.1, -0.05) is 5.16 Å². The van der Waals surface area contributed by atoms with E-state index in [0.717, 1.165) is 24.1 Å². The quantitative estimate of drug-likeness (QED) is 0.688. The summed E-state index contributed by atoms with van der Waals surface area (Å²) < 4.78 is 43.7. The summed E-state index contributed by atoms with van der Waals surface area (Å²) in [4.78, 5) is 16.9. The van der Waals surface area contributed by atoms with E-state index in [4.69, 9.17) is 0 Å². The van der Waals surface area contributed by atoms with Gasteiger partial charge < -0.3 is 9.84 Å². The van der Waals surface area contributed by atoms with Crippen molar-refractivity contribution in [3.63, 3.8) is 0 Å². The molecule has 1 N–H and O–H groups in total. The Labute approximate surface area is 161 Å². The topological polar surface area (TPSA) is 85.8 Å². The van der Waals surface area contributed by atoms with Crippen molar-refractivity contribution in [2.24, 2.45) is 0 Å². The highest BCUT2D eigenvalue weighted by molar-refractivity contribution is 7.15. The zero-order valence-electron chi connectivity index (χ0n) is 14.7. The molecule has 3 aromatic rings. The fourth-order valence-corrected chi connectivity index (χ4v) is 3.73. The van der Waals surface area contributed by atoms with E-state index in [2.05, 4.69) is 25.1 Å². The van der Waals surface area contributed by atoms with Gasteiger partial charge in [0.1, 0.15) is 0 Å². The second-order valence-electron chi connectivity index (χ2n) is 6.61. The molecule has 1 aliphatic rings. The molecule has 1 amide bonds. The second kappa shape index (κ2) is 7.04. The fraction of sp³-hybridized carbons (Fsp3) is 0.412. The van der Waals surface area contributed by atoms with Crippen LogP contribution in [0.1, 0.15) is 53.4 Å². The molecule has 0 radical (unpaired) electrons. The number of thiophene rings is 1. The maximum Gasteiger partial charge on any atom is 0.471 e. The summed E-state index contributed by atoms with van der Waals surface area (Å²) in [6.45, 7) is 1.88. The van der Waals surface area contributed by atoms with Gasteiger partial charge in [-0.3, -0.25) is 9.48 Å². The predicted molar refractivity (Wildman–Crippen MR) is 93.8 cm³/mol. The van der Waals surface area contributed by atoms with E-state index in [1.165, 1.54) is 17.5 Å². The molecule has 28 heavy (non-hydrogen) atoms. The lowest BCUT2D eigenvalue weighted by atomic mass is 9.93. The predicted octanol–water partition coefficient (Wildman–Crippen LogP) is 3.91. The number of amides is 1. The summed E-state index contributed by atoms with van der Waals surface area (Å²) in [7, 11) is 0. The number of rotatable bonds is 5. The zero-order chi connectivity index (χ0) is 19.9. The van der Waals surface area contributed by atoms with Gasteiger partial charge >= 0.3 is 12.1 Å². The van der Waals surface area contributed by atoms with Crippen LogP contribution < -0.4 is 5.32 Å². The summed E-state index contributed by atoms with van der Waals surface area (Å²) in [5.74, 6) is -1.64. The number of alkyl halides is 3. The van der Waals surface area contributed by atoms with Gasteiger partial charge in [-0.05, 0) is 38.3 Å².